The Labute approximate surface area is 114 Å². The quantitative estimate of drug-likeness (QED) is 0.615. The summed E-state index contributed by atoms with van der Waals surface area (Å²) in [6, 6.07) is 1.87. The lowest BCUT2D eigenvalue weighted by atomic mass is 9.93. The molecule has 18 heavy (non-hydrogen) atoms. The van der Waals surface area contributed by atoms with Gasteiger partial charge in [0, 0.05) is 12.8 Å². The topological polar surface area (TPSA) is 35.0 Å². The summed E-state index contributed by atoms with van der Waals surface area (Å²) in [4.78, 5) is 9.03. The monoisotopic (exact) mass is 268 g/mol. The van der Waals surface area contributed by atoms with E-state index in [9.17, 15) is 0 Å². The maximum atomic E-state index is 6.07. The summed E-state index contributed by atoms with van der Waals surface area (Å²) >= 11 is 5.86. The fourth-order valence-corrected chi connectivity index (χ4v) is 2.85. The second-order valence-corrected chi connectivity index (χ2v) is 5.11. The highest BCUT2D eigenvalue weighted by Crippen LogP contribution is 2.37. The molecule has 2 rings (SSSR count). The summed E-state index contributed by atoms with van der Waals surface area (Å²) in [5.74, 6) is 1.25. The lowest BCUT2D eigenvalue weighted by Gasteiger charge is -2.31. The molecule has 0 bridgehead atoms. The van der Waals surface area contributed by atoms with Gasteiger partial charge in [-0.3, -0.25) is 0 Å². The van der Waals surface area contributed by atoms with Crippen molar-refractivity contribution < 1.29 is 4.74 Å². The van der Waals surface area contributed by atoms with Crippen molar-refractivity contribution in [2.75, 3.05) is 6.61 Å². The molecule has 100 valence electrons. The lowest BCUT2D eigenvalue weighted by Crippen LogP contribution is -2.32. The molecule has 0 aliphatic heterocycles. The molecule has 0 atom stereocenters. The standard InChI is InChI=1S/C14H21ClN2O/c1-2-18-14(8-5-3-4-6-9-14)13-16-10-7-12(11-15)17-13/h7,10H,2-6,8-9,11H2,1H3. The molecule has 3 nitrogen and oxygen atoms in total. The number of ether oxygens (including phenoxy) is 1. The molecule has 0 spiro atoms. The van der Waals surface area contributed by atoms with Gasteiger partial charge in [-0.2, -0.15) is 0 Å². The van der Waals surface area contributed by atoms with Gasteiger partial charge < -0.3 is 4.74 Å². The molecule has 1 aromatic rings. The van der Waals surface area contributed by atoms with Gasteiger partial charge in [-0.25, -0.2) is 9.97 Å². The number of rotatable bonds is 4. The predicted molar refractivity (Wildman–Crippen MR) is 72.6 cm³/mol. The van der Waals surface area contributed by atoms with E-state index in [1.165, 1.54) is 25.7 Å². The van der Waals surface area contributed by atoms with E-state index in [1.54, 1.807) is 6.20 Å². The molecule has 1 fully saturated rings. The van der Waals surface area contributed by atoms with Crippen molar-refractivity contribution in [1.29, 1.82) is 0 Å². The Balaban J connectivity index is 2.31. The van der Waals surface area contributed by atoms with E-state index in [-0.39, 0.29) is 5.60 Å². The van der Waals surface area contributed by atoms with Crippen LogP contribution in [0.2, 0.25) is 0 Å². The van der Waals surface area contributed by atoms with E-state index in [0.29, 0.717) is 12.5 Å². The molecule has 0 N–H and O–H groups in total. The molecule has 0 aromatic carbocycles. The highest BCUT2D eigenvalue weighted by atomic mass is 35.5. The minimum Gasteiger partial charge on any atom is -0.367 e. The molecule has 4 heteroatoms. The Hall–Kier alpha value is -0.670. The summed E-state index contributed by atoms with van der Waals surface area (Å²) in [6.45, 7) is 2.74. The molecule has 0 saturated heterocycles. The average Bonchev–Trinajstić information content (AvgIpc) is 2.66. The zero-order valence-electron chi connectivity index (χ0n) is 11.0. The van der Waals surface area contributed by atoms with Crippen LogP contribution >= 0.6 is 11.6 Å². The van der Waals surface area contributed by atoms with Crippen LogP contribution in [0.15, 0.2) is 12.3 Å². The molecule has 0 amide bonds. The van der Waals surface area contributed by atoms with Crippen LogP contribution in [-0.4, -0.2) is 16.6 Å². The first kappa shape index (κ1) is 13.8. The second kappa shape index (κ2) is 6.48. The number of hydrogen-bond donors (Lipinski definition) is 0. The minimum absolute atomic E-state index is 0.284. The molecular weight excluding hydrogens is 248 g/mol. The van der Waals surface area contributed by atoms with Gasteiger partial charge in [-0.15, -0.1) is 11.6 Å². The Bertz CT molecular complexity index is 376. The van der Waals surface area contributed by atoms with Gasteiger partial charge >= 0.3 is 0 Å². The van der Waals surface area contributed by atoms with Crippen LogP contribution in [0, 0.1) is 0 Å². The van der Waals surface area contributed by atoms with Gasteiger partial charge in [0.2, 0.25) is 0 Å². The lowest BCUT2D eigenvalue weighted by molar-refractivity contribution is -0.0625. The normalized spacial score (nSPS) is 19.4. The number of aromatic nitrogens is 2. The first-order valence-corrected chi connectivity index (χ1v) is 7.36. The summed E-state index contributed by atoms with van der Waals surface area (Å²) in [5, 5.41) is 0. The predicted octanol–water partition coefficient (Wildman–Crippen LogP) is 3.80. The van der Waals surface area contributed by atoms with Crippen LogP contribution < -0.4 is 0 Å². The highest BCUT2D eigenvalue weighted by molar-refractivity contribution is 6.16. The molecule has 0 unspecified atom stereocenters. The van der Waals surface area contributed by atoms with E-state index in [0.717, 1.165) is 24.4 Å². The summed E-state index contributed by atoms with van der Waals surface area (Å²) in [7, 11) is 0. The first-order valence-electron chi connectivity index (χ1n) is 6.83. The Morgan fingerprint density at radius 1 is 1.28 bits per heavy atom. The van der Waals surface area contributed by atoms with Crippen molar-refractivity contribution in [3.05, 3.63) is 23.8 Å². The van der Waals surface area contributed by atoms with Gasteiger partial charge in [0.15, 0.2) is 5.82 Å². The zero-order valence-corrected chi connectivity index (χ0v) is 11.7. The number of nitrogens with zero attached hydrogens (tertiary/aromatic N) is 2. The third-order valence-electron chi connectivity index (χ3n) is 3.59. The molecule has 1 aliphatic carbocycles. The highest BCUT2D eigenvalue weighted by Gasteiger charge is 2.36. The largest absolute Gasteiger partial charge is 0.367 e. The van der Waals surface area contributed by atoms with E-state index in [1.807, 2.05) is 13.0 Å². The average molecular weight is 269 g/mol. The Morgan fingerprint density at radius 2 is 2.00 bits per heavy atom. The third kappa shape index (κ3) is 3.01. The molecule has 1 saturated carbocycles. The SMILES string of the molecule is CCOC1(c2nccc(CCl)n2)CCCCCC1. The fourth-order valence-electron chi connectivity index (χ4n) is 2.70. The number of hydrogen-bond acceptors (Lipinski definition) is 3. The third-order valence-corrected chi connectivity index (χ3v) is 3.86. The first-order chi connectivity index (χ1) is 8.80. The maximum Gasteiger partial charge on any atom is 0.160 e. The van der Waals surface area contributed by atoms with Crippen LogP contribution in [0.1, 0.15) is 57.0 Å². The fraction of sp³-hybridized carbons (Fsp3) is 0.714. The van der Waals surface area contributed by atoms with Gasteiger partial charge in [0.05, 0.1) is 11.6 Å². The summed E-state index contributed by atoms with van der Waals surface area (Å²) < 4.78 is 6.07. The Kier molecular flexibility index (Phi) is 4.95. The molecule has 1 aliphatic rings. The van der Waals surface area contributed by atoms with Crippen LogP contribution in [0.25, 0.3) is 0 Å². The van der Waals surface area contributed by atoms with Crippen LogP contribution in [0.4, 0.5) is 0 Å². The number of halogens is 1. The van der Waals surface area contributed by atoms with Crippen molar-refractivity contribution in [1.82, 2.24) is 9.97 Å². The molecule has 1 aromatic heterocycles. The minimum atomic E-state index is -0.284. The van der Waals surface area contributed by atoms with Gasteiger partial charge in [-0.1, -0.05) is 25.7 Å². The van der Waals surface area contributed by atoms with E-state index in [2.05, 4.69) is 9.97 Å². The zero-order chi connectivity index (χ0) is 12.8. The van der Waals surface area contributed by atoms with E-state index in [4.69, 9.17) is 16.3 Å². The smallest absolute Gasteiger partial charge is 0.160 e. The summed E-state index contributed by atoms with van der Waals surface area (Å²) in [6.07, 6.45) is 8.78. The van der Waals surface area contributed by atoms with Gasteiger partial charge in [-0.05, 0) is 25.8 Å². The second-order valence-electron chi connectivity index (χ2n) is 4.85. The van der Waals surface area contributed by atoms with Crippen LogP contribution in [0.5, 0.6) is 0 Å². The Morgan fingerprint density at radius 3 is 2.61 bits per heavy atom. The molecule has 1 heterocycles. The van der Waals surface area contributed by atoms with Gasteiger partial charge in [0.25, 0.3) is 0 Å². The van der Waals surface area contributed by atoms with Crippen molar-refractivity contribution in [2.24, 2.45) is 0 Å². The molecule has 0 radical (unpaired) electrons. The van der Waals surface area contributed by atoms with Crippen molar-refractivity contribution in [3.63, 3.8) is 0 Å². The van der Waals surface area contributed by atoms with Crippen LogP contribution in [-0.2, 0) is 16.2 Å². The number of alkyl halides is 1. The van der Waals surface area contributed by atoms with Crippen molar-refractivity contribution in [2.45, 2.75) is 56.9 Å². The van der Waals surface area contributed by atoms with Crippen LogP contribution in [0.3, 0.4) is 0 Å². The van der Waals surface area contributed by atoms with Gasteiger partial charge in [0.1, 0.15) is 5.60 Å². The molecular formula is C14H21ClN2O. The van der Waals surface area contributed by atoms with Crippen molar-refractivity contribution in [3.8, 4) is 0 Å². The maximum absolute atomic E-state index is 6.07. The van der Waals surface area contributed by atoms with E-state index < -0.39 is 0 Å². The summed E-state index contributed by atoms with van der Waals surface area (Å²) in [5.41, 5.74) is 0.595. The van der Waals surface area contributed by atoms with Crippen molar-refractivity contribution >= 4 is 11.6 Å². The van der Waals surface area contributed by atoms with E-state index >= 15 is 0 Å².